The minimum atomic E-state index is -0.867. The largest absolute Gasteiger partial charge is 0.331 e. The quantitative estimate of drug-likeness (QED) is 0.407. The van der Waals surface area contributed by atoms with E-state index < -0.39 is 11.4 Å². The molecule has 0 rings (SSSR count). The summed E-state index contributed by atoms with van der Waals surface area (Å²) in [5.41, 5.74) is 0. The molecule has 5 heteroatoms. The highest BCUT2D eigenvalue weighted by molar-refractivity contribution is 6.64. The van der Waals surface area contributed by atoms with Crippen LogP contribution in [0, 0.1) is 0 Å². The summed E-state index contributed by atoms with van der Waals surface area (Å²) in [6, 6.07) is -0.519. The zero-order valence-corrected chi connectivity index (χ0v) is 5.90. The highest BCUT2D eigenvalue weighted by Crippen LogP contribution is 1.80. The maximum absolute atomic E-state index is 10.5. The van der Waals surface area contributed by atoms with E-state index in [0.29, 0.717) is 0 Å². The molecular formula is C4H7ClN2O2. The Morgan fingerprint density at radius 1 is 1.44 bits per heavy atom. The summed E-state index contributed by atoms with van der Waals surface area (Å²) in [6.45, 7) is 0. The fourth-order valence-corrected chi connectivity index (χ4v) is 0.277. The molecule has 0 unspecified atom stereocenters. The van der Waals surface area contributed by atoms with Gasteiger partial charge in [0.25, 0.3) is 0 Å². The first-order valence-corrected chi connectivity index (χ1v) is 2.59. The van der Waals surface area contributed by atoms with Gasteiger partial charge in [0.1, 0.15) is 0 Å². The molecule has 0 radical (unpaired) electrons. The molecule has 0 atom stereocenters. The normalized spacial score (nSPS) is 8.33. The Balaban J connectivity index is 3.64. The van der Waals surface area contributed by atoms with Crippen LogP contribution in [0.4, 0.5) is 9.59 Å². The Kier molecular flexibility index (Phi) is 3.01. The third-order valence-corrected chi connectivity index (χ3v) is 0.706. The maximum Gasteiger partial charge on any atom is 0.324 e. The van der Waals surface area contributed by atoms with E-state index in [9.17, 15) is 9.59 Å². The Hall–Kier alpha value is -0.770. The van der Waals surface area contributed by atoms with E-state index in [4.69, 9.17) is 11.6 Å². The van der Waals surface area contributed by atoms with Crippen molar-refractivity contribution < 1.29 is 9.59 Å². The number of nitrogens with zero attached hydrogens (tertiary/aromatic N) is 1. The van der Waals surface area contributed by atoms with Gasteiger partial charge in [-0.25, -0.2) is 4.79 Å². The average molecular weight is 151 g/mol. The molecule has 0 bridgehead atoms. The van der Waals surface area contributed by atoms with Crippen molar-refractivity contribution in [1.29, 1.82) is 0 Å². The standard InChI is InChI=1S/C4H7ClN2O2/c1-7(2)4(9)6-3(5)8/h1-2H3,(H,6,8,9). The van der Waals surface area contributed by atoms with Gasteiger partial charge in [0.15, 0.2) is 0 Å². The first kappa shape index (κ1) is 8.23. The third kappa shape index (κ3) is 3.78. The van der Waals surface area contributed by atoms with Crippen molar-refractivity contribution in [2.45, 2.75) is 0 Å². The lowest BCUT2D eigenvalue weighted by molar-refractivity contribution is 0.216. The van der Waals surface area contributed by atoms with Gasteiger partial charge in [0, 0.05) is 14.1 Å². The molecule has 0 saturated carbocycles. The molecule has 0 aliphatic carbocycles. The highest BCUT2D eigenvalue weighted by atomic mass is 35.5. The lowest BCUT2D eigenvalue weighted by Gasteiger charge is -2.07. The summed E-state index contributed by atoms with van der Waals surface area (Å²) in [7, 11) is 3.02. The molecule has 0 aliphatic heterocycles. The number of imide groups is 1. The van der Waals surface area contributed by atoms with Gasteiger partial charge in [0.2, 0.25) is 0 Å². The number of amides is 3. The van der Waals surface area contributed by atoms with Crippen molar-refractivity contribution in [2.75, 3.05) is 14.1 Å². The molecule has 4 nitrogen and oxygen atoms in total. The van der Waals surface area contributed by atoms with Crippen LogP contribution in [-0.2, 0) is 0 Å². The van der Waals surface area contributed by atoms with E-state index in [-0.39, 0.29) is 0 Å². The summed E-state index contributed by atoms with van der Waals surface area (Å²) in [4.78, 5) is 21.6. The average Bonchev–Trinajstić information content (AvgIpc) is 1.63. The van der Waals surface area contributed by atoms with Gasteiger partial charge < -0.3 is 4.90 Å². The summed E-state index contributed by atoms with van der Waals surface area (Å²) in [5.74, 6) is 0. The van der Waals surface area contributed by atoms with Crippen molar-refractivity contribution in [1.82, 2.24) is 10.2 Å². The maximum atomic E-state index is 10.5. The minimum absolute atomic E-state index is 0.519. The molecule has 3 amide bonds. The Morgan fingerprint density at radius 2 is 1.89 bits per heavy atom. The van der Waals surface area contributed by atoms with Crippen molar-refractivity contribution in [2.24, 2.45) is 0 Å². The number of nitrogens with one attached hydrogen (secondary N) is 1. The van der Waals surface area contributed by atoms with Crippen LogP contribution in [0.3, 0.4) is 0 Å². The fourth-order valence-electron chi connectivity index (χ4n) is 0.196. The Bertz CT molecular complexity index is 135. The summed E-state index contributed by atoms with van der Waals surface area (Å²) >= 11 is 4.82. The number of halogens is 1. The predicted molar refractivity (Wildman–Crippen MR) is 33.5 cm³/mol. The number of hydrogen-bond donors (Lipinski definition) is 1. The number of carbonyl (C=O) groups is 2. The van der Waals surface area contributed by atoms with E-state index in [0.717, 1.165) is 0 Å². The number of rotatable bonds is 0. The van der Waals surface area contributed by atoms with E-state index in [1.54, 1.807) is 0 Å². The monoisotopic (exact) mass is 150 g/mol. The van der Waals surface area contributed by atoms with Gasteiger partial charge in [-0.3, -0.25) is 10.1 Å². The van der Waals surface area contributed by atoms with Crippen LogP contribution in [0.15, 0.2) is 0 Å². The van der Waals surface area contributed by atoms with Crippen molar-refractivity contribution in [3.05, 3.63) is 0 Å². The van der Waals surface area contributed by atoms with Crippen LogP contribution in [0.5, 0.6) is 0 Å². The second-order valence-electron chi connectivity index (χ2n) is 1.60. The lowest BCUT2D eigenvalue weighted by atomic mass is 10.8. The van der Waals surface area contributed by atoms with Crippen LogP contribution in [0.25, 0.3) is 0 Å². The molecule has 1 N–H and O–H groups in total. The molecule has 0 fully saturated rings. The van der Waals surface area contributed by atoms with Crippen LogP contribution >= 0.6 is 11.6 Å². The molecular weight excluding hydrogens is 144 g/mol. The van der Waals surface area contributed by atoms with Crippen molar-refractivity contribution in [3.63, 3.8) is 0 Å². The Labute approximate surface area is 57.8 Å². The molecule has 52 valence electrons. The van der Waals surface area contributed by atoms with Gasteiger partial charge in [0.05, 0.1) is 0 Å². The molecule has 0 aromatic carbocycles. The van der Waals surface area contributed by atoms with E-state index in [1.807, 2.05) is 5.32 Å². The fraction of sp³-hybridized carbons (Fsp3) is 0.500. The van der Waals surface area contributed by atoms with Crippen LogP contribution in [-0.4, -0.2) is 30.4 Å². The molecule has 9 heavy (non-hydrogen) atoms. The summed E-state index contributed by atoms with van der Waals surface area (Å²) in [5, 5.41) is 0.989. The van der Waals surface area contributed by atoms with Crippen molar-refractivity contribution in [3.8, 4) is 0 Å². The van der Waals surface area contributed by atoms with Crippen LogP contribution < -0.4 is 5.32 Å². The number of urea groups is 1. The lowest BCUT2D eigenvalue weighted by Crippen LogP contribution is -2.35. The molecule has 0 spiro atoms. The second-order valence-corrected chi connectivity index (χ2v) is 1.94. The van der Waals surface area contributed by atoms with Gasteiger partial charge in [-0.15, -0.1) is 0 Å². The Morgan fingerprint density at radius 3 is 2.00 bits per heavy atom. The third-order valence-electron chi connectivity index (χ3n) is 0.611. The first-order valence-electron chi connectivity index (χ1n) is 2.22. The smallest absolute Gasteiger partial charge is 0.324 e. The second kappa shape index (κ2) is 3.29. The van der Waals surface area contributed by atoms with E-state index in [1.165, 1.54) is 19.0 Å². The zero-order valence-electron chi connectivity index (χ0n) is 5.14. The molecule has 0 saturated heterocycles. The van der Waals surface area contributed by atoms with Crippen molar-refractivity contribution >= 4 is 23.0 Å². The first-order chi connectivity index (χ1) is 4.04. The molecule has 0 aliphatic rings. The zero-order chi connectivity index (χ0) is 7.44. The predicted octanol–water partition coefficient (Wildman–Crippen LogP) is 0.616. The number of hydrogen-bond acceptors (Lipinski definition) is 2. The SMILES string of the molecule is CN(C)C(=O)NC(=O)Cl. The van der Waals surface area contributed by atoms with Crippen LogP contribution in [0.1, 0.15) is 0 Å². The highest BCUT2D eigenvalue weighted by Gasteiger charge is 2.04. The number of carbonyl (C=O) groups excluding carboxylic acids is 2. The molecule has 0 aromatic rings. The summed E-state index contributed by atoms with van der Waals surface area (Å²) < 4.78 is 0. The van der Waals surface area contributed by atoms with Gasteiger partial charge in [-0.2, -0.15) is 0 Å². The van der Waals surface area contributed by atoms with Gasteiger partial charge >= 0.3 is 11.4 Å². The minimum Gasteiger partial charge on any atom is -0.331 e. The molecule has 0 aromatic heterocycles. The van der Waals surface area contributed by atoms with E-state index >= 15 is 0 Å². The topological polar surface area (TPSA) is 49.4 Å². The van der Waals surface area contributed by atoms with Gasteiger partial charge in [-0.05, 0) is 11.6 Å². The molecule has 0 heterocycles. The summed E-state index contributed by atoms with van der Waals surface area (Å²) in [6.07, 6.45) is 0. The van der Waals surface area contributed by atoms with Crippen LogP contribution in [0.2, 0.25) is 0 Å². The van der Waals surface area contributed by atoms with E-state index in [2.05, 4.69) is 0 Å². The van der Waals surface area contributed by atoms with Gasteiger partial charge in [-0.1, -0.05) is 0 Å².